The van der Waals surface area contributed by atoms with Crippen LogP contribution in [0.25, 0.3) is 11.1 Å². The molecule has 3 aromatic rings. The zero-order valence-electron chi connectivity index (χ0n) is 11.7. The number of hydrogen-bond donors (Lipinski definition) is 0. The lowest BCUT2D eigenvalue weighted by atomic mass is 10.1. The number of halogens is 1. The van der Waals surface area contributed by atoms with Crippen molar-refractivity contribution in [1.82, 2.24) is 4.98 Å². The van der Waals surface area contributed by atoms with Crippen molar-refractivity contribution < 1.29 is 8.83 Å². The van der Waals surface area contributed by atoms with Crippen LogP contribution in [0.15, 0.2) is 33.1 Å². The third kappa shape index (κ3) is 2.29. The van der Waals surface area contributed by atoms with E-state index in [2.05, 4.69) is 27.8 Å². The van der Waals surface area contributed by atoms with Gasteiger partial charge in [0, 0.05) is 12.0 Å². The number of fused-ring (bicyclic) bond motifs is 1. The Morgan fingerprint density at radius 3 is 2.50 bits per heavy atom. The smallest absolute Gasteiger partial charge is 0.196 e. The van der Waals surface area contributed by atoms with Crippen LogP contribution in [0.4, 0.5) is 0 Å². The average molecular weight is 334 g/mol. The Bertz CT molecular complexity index is 724. The zero-order chi connectivity index (χ0) is 14.3. The highest BCUT2D eigenvalue weighted by Gasteiger charge is 2.21. The van der Waals surface area contributed by atoms with Crippen molar-refractivity contribution in [1.29, 1.82) is 0 Å². The molecule has 0 saturated carbocycles. The Hall–Kier alpha value is -1.55. The summed E-state index contributed by atoms with van der Waals surface area (Å²) >= 11 is 3.73. The predicted octanol–water partition coefficient (Wildman–Crippen LogP) is 5.02. The number of alkyl halides is 1. The Morgan fingerprint density at radius 1 is 1.10 bits per heavy atom. The van der Waals surface area contributed by atoms with Gasteiger partial charge in [-0.3, -0.25) is 0 Å². The number of rotatable bonds is 3. The summed E-state index contributed by atoms with van der Waals surface area (Å²) in [7, 11) is 0. The highest BCUT2D eigenvalue weighted by molar-refractivity contribution is 9.09. The molecule has 0 bridgehead atoms. The normalized spacial score (nSPS) is 13.0. The van der Waals surface area contributed by atoms with E-state index in [-0.39, 0.29) is 4.83 Å². The number of benzene rings is 1. The van der Waals surface area contributed by atoms with Crippen LogP contribution in [0.3, 0.4) is 0 Å². The van der Waals surface area contributed by atoms with Crippen LogP contribution in [0.5, 0.6) is 0 Å². The van der Waals surface area contributed by atoms with Gasteiger partial charge in [-0.1, -0.05) is 28.1 Å². The molecule has 104 valence electrons. The molecule has 0 spiro atoms. The molecule has 20 heavy (non-hydrogen) atoms. The number of aromatic nitrogens is 1. The Morgan fingerprint density at radius 2 is 1.85 bits per heavy atom. The number of furan rings is 1. The second kappa shape index (κ2) is 5.09. The maximum Gasteiger partial charge on any atom is 0.196 e. The van der Waals surface area contributed by atoms with Gasteiger partial charge in [0.25, 0.3) is 0 Å². The first-order valence-corrected chi connectivity index (χ1v) is 7.53. The molecule has 1 unspecified atom stereocenters. The fourth-order valence-corrected chi connectivity index (χ4v) is 3.48. The molecule has 0 radical (unpaired) electrons. The minimum absolute atomic E-state index is 0.146. The largest absolute Gasteiger partial charge is 0.466 e. The van der Waals surface area contributed by atoms with Gasteiger partial charge in [0.15, 0.2) is 11.5 Å². The lowest BCUT2D eigenvalue weighted by Gasteiger charge is -2.07. The van der Waals surface area contributed by atoms with E-state index in [4.69, 9.17) is 8.83 Å². The molecule has 0 aliphatic carbocycles. The molecule has 3 nitrogen and oxygen atoms in total. The van der Waals surface area contributed by atoms with Crippen molar-refractivity contribution in [3.63, 3.8) is 0 Å². The number of oxazole rings is 1. The van der Waals surface area contributed by atoms with Crippen LogP contribution in [0, 0.1) is 20.8 Å². The Balaban J connectivity index is 1.90. The molecule has 2 aromatic heterocycles. The highest BCUT2D eigenvalue weighted by Crippen LogP contribution is 2.35. The zero-order valence-corrected chi connectivity index (χ0v) is 13.3. The summed E-state index contributed by atoms with van der Waals surface area (Å²) < 4.78 is 11.5. The van der Waals surface area contributed by atoms with Gasteiger partial charge < -0.3 is 8.83 Å². The molecule has 0 N–H and O–H groups in total. The minimum atomic E-state index is 0.146. The molecule has 1 aromatic carbocycles. The summed E-state index contributed by atoms with van der Waals surface area (Å²) in [4.78, 5) is 4.66. The topological polar surface area (TPSA) is 39.2 Å². The van der Waals surface area contributed by atoms with Crippen molar-refractivity contribution in [3.8, 4) is 0 Å². The van der Waals surface area contributed by atoms with E-state index in [9.17, 15) is 0 Å². The summed E-state index contributed by atoms with van der Waals surface area (Å²) in [6, 6.07) is 7.82. The second-order valence-electron chi connectivity index (χ2n) is 5.00. The van der Waals surface area contributed by atoms with E-state index >= 15 is 0 Å². The van der Waals surface area contributed by atoms with E-state index in [1.165, 1.54) is 11.1 Å². The molecular weight excluding hydrogens is 318 g/mol. The molecule has 3 rings (SSSR count). The third-order valence-electron chi connectivity index (χ3n) is 3.62. The van der Waals surface area contributed by atoms with Crippen molar-refractivity contribution >= 4 is 27.0 Å². The lowest BCUT2D eigenvalue weighted by molar-refractivity contribution is 0.496. The Labute approximate surface area is 126 Å². The van der Waals surface area contributed by atoms with Crippen molar-refractivity contribution in [2.24, 2.45) is 0 Å². The van der Waals surface area contributed by atoms with Crippen LogP contribution >= 0.6 is 15.9 Å². The molecule has 4 heteroatoms. The predicted molar refractivity (Wildman–Crippen MR) is 82.3 cm³/mol. The number of hydrogen-bond acceptors (Lipinski definition) is 3. The first-order chi connectivity index (χ1) is 9.56. The molecular formula is C16H16BrNO2. The van der Waals surface area contributed by atoms with Crippen LogP contribution in [0.2, 0.25) is 0 Å². The van der Waals surface area contributed by atoms with Gasteiger partial charge in [-0.15, -0.1) is 0 Å². The maximum atomic E-state index is 5.77. The molecule has 0 saturated heterocycles. The third-order valence-corrected chi connectivity index (χ3v) is 4.40. The molecule has 0 aliphatic heterocycles. The van der Waals surface area contributed by atoms with Gasteiger partial charge in [0.2, 0.25) is 0 Å². The van der Waals surface area contributed by atoms with Crippen LogP contribution in [-0.2, 0) is 6.42 Å². The van der Waals surface area contributed by atoms with Crippen LogP contribution < -0.4 is 0 Å². The molecule has 0 aliphatic rings. The van der Waals surface area contributed by atoms with Gasteiger partial charge in [0.1, 0.15) is 17.0 Å². The van der Waals surface area contributed by atoms with Crippen molar-refractivity contribution in [3.05, 3.63) is 52.8 Å². The van der Waals surface area contributed by atoms with Gasteiger partial charge in [-0.05, 0) is 38.5 Å². The summed E-state index contributed by atoms with van der Waals surface area (Å²) in [6.45, 7) is 6.07. The SMILES string of the molecule is Cc1oc(C)c(C(Br)Cc2nc3ccccc3o2)c1C. The van der Waals surface area contributed by atoms with E-state index in [0.29, 0.717) is 6.42 Å². The van der Waals surface area contributed by atoms with Crippen molar-refractivity contribution in [2.75, 3.05) is 0 Å². The molecule has 0 amide bonds. The second-order valence-corrected chi connectivity index (χ2v) is 6.11. The number of nitrogens with zero attached hydrogens (tertiary/aromatic N) is 1. The van der Waals surface area contributed by atoms with Crippen LogP contribution in [-0.4, -0.2) is 4.98 Å². The fourth-order valence-electron chi connectivity index (χ4n) is 2.53. The van der Waals surface area contributed by atoms with Gasteiger partial charge in [-0.2, -0.15) is 0 Å². The van der Waals surface area contributed by atoms with E-state index in [1.807, 2.05) is 38.1 Å². The van der Waals surface area contributed by atoms with Gasteiger partial charge in [-0.25, -0.2) is 4.98 Å². The quantitative estimate of drug-likeness (QED) is 0.631. The number of para-hydroxylation sites is 2. The van der Waals surface area contributed by atoms with Gasteiger partial charge in [0.05, 0.1) is 4.83 Å². The Kier molecular flexibility index (Phi) is 3.42. The molecule has 1 atom stereocenters. The summed E-state index contributed by atoms with van der Waals surface area (Å²) in [5.41, 5.74) is 4.13. The van der Waals surface area contributed by atoms with E-state index < -0.39 is 0 Å². The van der Waals surface area contributed by atoms with Crippen molar-refractivity contribution in [2.45, 2.75) is 32.0 Å². The average Bonchev–Trinajstić information content (AvgIpc) is 2.90. The first kappa shape index (κ1) is 13.4. The molecule has 0 fully saturated rings. The summed E-state index contributed by atoms with van der Waals surface area (Å²) in [6.07, 6.45) is 0.704. The van der Waals surface area contributed by atoms with Crippen LogP contribution in [0.1, 0.15) is 33.4 Å². The highest BCUT2D eigenvalue weighted by atomic mass is 79.9. The van der Waals surface area contributed by atoms with Gasteiger partial charge >= 0.3 is 0 Å². The minimum Gasteiger partial charge on any atom is -0.466 e. The lowest BCUT2D eigenvalue weighted by Crippen LogP contribution is -1.98. The summed E-state index contributed by atoms with van der Waals surface area (Å²) in [5, 5.41) is 0. The maximum absolute atomic E-state index is 5.77. The fraction of sp³-hybridized carbons (Fsp3) is 0.312. The standard InChI is InChI=1S/C16H16BrNO2/c1-9-10(2)19-11(3)16(9)12(17)8-15-18-13-6-4-5-7-14(13)20-15/h4-7,12H,8H2,1-3H3. The monoisotopic (exact) mass is 333 g/mol. The van der Waals surface area contributed by atoms with E-state index in [0.717, 1.165) is 28.5 Å². The number of aryl methyl sites for hydroxylation is 2. The van der Waals surface area contributed by atoms with E-state index in [1.54, 1.807) is 0 Å². The molecule has 2 heterocycles. The summed E-state index contributed by atoms with van der Waals surface area (Å²) in [5.74, 6) is 2.67. The first-order valence-electron chi connectivity index (χ1n) is 6.61.